The number of carbonyl (C=O) groups is 1. The van der Waals surface area contributed by atoms with Gasteiger partial charge in [-0.2, -0.15) is 10.2 Å². The third kappa shape index (κ3) is 4.54. The minimum atomic E-state index is -0.503. The molecule has 0 aliphatic heterocycles. The van der Waals surface area contributed by atoms with Crippen molar-refractivity contribution in [3.63, 3.8) is 0 Å². The van der Waals surface area contributed by atoms with Crippen molar-refractivity contribution >= 4 is 34.7 Å². The number of aryl methyl sites for hydroxylation is 1. The van der Waals surface area contributed by atoms with Crippen molar-refractivity contribution in [1.29, 1.82) is 0 Å². The second-order valence-corrected chi connectivity index (χ2v) is 7.27. The molecule has 0 aliphatic rings. The zero-order valence-corrected chi connectivity index (χ0v) is 17.3. The van der Waals surface area contributed by atoms with Crippen molar-refractivity contribution in [2.75, 3.05) is 0 Å². The molecule has 4 aromatic rings. The van der Waals surface area contributed by atoms with Gasteiger partial charge in [-0.1, -0.05) is 65.3 Å². The molecule has 0 bridgehead atoms. The van der Waals surface area contributed by atoms with Gasteiger partial charge >= 0.3 is 0 Å². The summed E-state index contributed by atoms with van der Waals surface area (Å²) in [4.78, 5) is 25.2. The van der Waals surface area contributed by atoms with E-state index in [0.717, 1.165) is 10.2 Å². The summed E-state index contributed by atoms with van der Waals surface area (Å²) >= 11 is 6.06. The van der Waals surface area contributed by atoms with Gasteiger partial charge in [-0.15, -0.1) is 0 Å². The number of amides is 1. The molecule has 0 unspecified atom stereocenters. The number of carbonyl (C=O) groups excluding carboxylic acids is 1. The Bertz CT molecular complexity index is 1330. The number of aromatic nitrogens is 3. The van der Waals surface area contributed by atoms with Crippen LogP contribution in [0.5, 0.6) is 0 Å². The first-order chi connectivity index (χ1) is 15.0. The van der Waals surface area contributed by atoms with Crippen LogP contribution in [0.25, 0.3) is 11.0 Å². The van der Waals surface area contributed by atoms with Crippen molar-refractivity contribution in [3.8, 4) is 0 Å². The molecule has 2 heterocycles. The van der Waals surface area contributed by atoms with Gasteiger partial charge in [-0.05, 0) is 18.6 Å². The highest BCUT2D eigenvalue weighted by Gasteiger charge is 2.19. The topological polar surface area (TPSA) is 102 Å². The zero-order chi connectivity index (χ0) is 21.8. The maximum Gasteiger partial charge on any atom is 0.280 e. The van der Waals surface area contributed by atoms with Gasteiger partial charge < -0.3 is 4.52 Å². The average molecular weight is 436 g/mol. The van der Waals surface area contributed by atoms with Crippen molar-refractivity contribution in [1.82, 2.24) is 20.4 Å². The van der Waals surface area contributed by atoms with Crippen molar-refractivity contribution in [3.05, 3.63) is 92.5 Å². The smallest absolute Gasteiger partial charge is 0.280 e. The lowest BCUT2D eigenvalue weighted by Gasteiger charge is -2.07. The number of rotatable bonds is 6. The van der Waals surface area contributed by atoms with E-state index in [1.165, 1.54) is 6.21 Å². The Hall–Kier alpha value is -3.78. The molecule has 1 amide bonds. The monoisotopic (exact) mass is 435 g/mol. The molecule has 4 rings (SSSR count). The summed E-state index contributed by atoms with van der Waals surface area (Å²) in [5.41, 5.74) is 4.90. The first-order valence-corrected chi connectivity index (χ1v) is 9.87. The molecule has 1 N–H and O–H groups in total. The van der Waals surface area contributed by atoms with E-state index >= 15 is 0 Å². The third-order valence-corrected chi connectivity index (χ3v) is 4.96. The predicted octanol–water partition coefficient (Wildman–Crippen LogP) is 3.09. The lowest BCUT2D eigenvalue weighted by molar-refractivity contribution is -0.121. The lowest BCUT2D eigenvalue weighted by atomic mass is 10.1. The molecule has 0 saturated heterocycles. The molecule has 0 fully saturated rings. The molecule has 156 valence electrons. The van der Waals surface area contributed by atoms with E-state index in [4.69, 9.17) is 16.1 Å². The summed E-state index contributed by atoms with van der Waals surface area (Å²) in [6.45, 7) is 1.37. The number of halogens is 1. The highest BCUT2D eigenvalue weighted by molar-refractivity contribution is 6.33. The summed E-state index contributed by atoms with van der Waals surface area (Å²) in [7, 11) is 0. The van der Waals surface area contributed by atoms with E-state index < -0.39 is 11.5 Å². The minimum Gasteiger partial charge on any atom is -0.354 e. The van der Waals surface area contributed by atoms with Crippen LogP contribution in [-0.2, 0) is 17.8 Å². The first-order valence-electron chi connectivity index (χ1n) is 9.49. The van der Waals surface area contributed by atoms with Gasteiger partial charge in [-0.25, -0.2) is 10.1 Å². The normalized spacial score (nSPS) is 11.3. The molecular weight excluding hydrogens is 418 g/mol. The molecule has 0 radical (unpaired) electrons. The number of hydrogen-bond donors (Lipinski definition) is 1. The van der Waals surface area contributed by atoms with Crippen molar-refractivity contribution in [2.24, 2.45) is 5.10 Å². The number of nitrogens with zero attached hydrogens (tertiary/aromatic N) is 4. The van der Waals surface area contributed by atoms with Gasteiger partial charge in [0.05, 0.1) is 11.9 Å². The van der Waals surface area contributed by atoms with E-state index in [2.05, 4.69) is 20.8 Å². The highest BCUT2D eigenvalue weighted by Crippen LogP contribution is 2.19. The fraction of sp³-hybridized carbons (Fsp3) is 0.136. The van der Waals surface area contributed by atoms with Gasteiger partial charge in [0.25, 0.3) is 11.5 Å². The van der Waals surface area contributed by atoms with Crippen LogP contribution in [0.2, 0.25) is 5.02 Å². The summed E-state index contributed by atoms with van der Waals surface area (Å²) < 4.78 is 6.46. The van der Waals surface area contributed by atoms with E-state index in [9.17, 15) is 9.59 Å². The number of benzene rings is 2. The van der Waals surface area contributed by atoms with Crippen LogP contribution in [0.3, 0.4) is 0 Å². The molecular formula is C22H18ClN5O3. The molecule has 8 nitrogen and oxygen atoms in total. The summed E-state index contributed by atoms with van der Waals surface area (Å²) in [5, 5.41) is 13.0. The third-order valence-electron chi connectivity index (χ3n) is 4.62. The number of fused-ring (bicyclic) bond motifs is 1. The molecule has 2 aromatic carbocycles. The second kappa shape index (κ2) is 8.93. The van der Waals surface area contributed by atoms with Crippen LogP contribution in [0.4, 0.5) is 0 Å². The standard InChI is InChI=1S/C22H18ClN5O3/c1-14-20-21(31-27-14)18(11-15-7-3-2-4-8-15)26-28(22(20)30)13-19(29)25-24-12-16-9-5-6-10-17(16)23/h2-10,12H,11,13H2,1H3,(H,25,29)/b24-12+. The van der Waals surface area contributed by atoms with E-state index in [-0.39, 0.29) is 6.54 Å². The largest absolute Gasteiger partial charge is 0.354 e. The maximum atomic E-state index is 12.9. The Morgan fingerprint density at radius 1 is 1.19 bits per heavy atom. The van der Waals surface area contributed by atoms with Crippen LogP contribution >= 0.6 is 11.6 Å². The molecule has 0 spiro atoms. The van der Waals surface area contributed by atoms with E-state index in [1.54, 1.807) is 25.1 Å². The van der Waals surface area contributed by atoms with Crippen molar-refractivity contribution < 1.29 is 9.32 Å². The first kappa shape index (κ1) is 20.5. The number of nitrogens with one attached hydrogen (secondary N) is 1. The van der Waals surface area contributed by atoms with Crippen LogP contribution in [0.15, 0.2) is 69.0 Å². The number of hydrazone groups is 1. The Morgan fingerprint density at radius 2 is 1.94 bits per heavy atom. The molecule has 2 aromatic heterocycles. The van der Waals surface area contributed by atoms with Crippen LogP contribution in [0, 0.1) is 6.92 Å². The fourth-order valence-corrected chi connectivity index (χ4v) is 3.31. The molecule has 31 heavy (non-hydrogen) atoms. The molecule has 0 aliphatic carbocycles. The lowest BCUT2D eigenvalue weighted by Crippen LogP contribution is -2.32. The average Bonchev–Trinajstić information content (AvgIpc) is 3.16. The SMILES string of the molecule is Cc1noc2c(Cc3ccccc3)nn(CC(=O)N/N=C/c3ccccc3Cl)c(=O)c12. The molecule has 0 saturated carbocycles. The zero-order valence-electron chi connectivity index (χ0n) is 16.6. The summed E-state index contributed by atoms with van der Waals surface area (Å²) in [5.74, 6) is -0.503. The summed E-state index contributed by atoms with van der Waals surface area (Å²) in [6, 6.07) is 16.7. The summed E-state index contributed by atoms with van der Waals surface area (Å²) in [6.07, 6.45) is 1.86. The number of hydrogen-bond acceptors (Lipinski definition) is 6. The van der Waals surface area contributed by atoms with E-state index in [1.807, 2.05) is 36.4 Å². The van der Waals surface area contributed by atoms with Crippen molar-refractivity contribution in [2.45, 2.75) is 19.9 Å². The Kier molecular flexibility index (Phi) is 5.90. The quantitative estimate of drug-likeness (QED) is 0.370. The van der Waals surface area contributed by atoms with E-state index in [0.29, 0.717) is 39.4 Å². The second-order valence-electron chi connectivity index (χ2n) is 6.86. The van der Waals surface area contributed by atoms with Gasteiger partial charge in [0, 0.05) is 17.0 Å². The highest BCUT2D eigenvalue weighted by atomic mass is 35.5. The van der Waals surface area contributed by atoms with Crippen LogP contribution in [0.1, 0.15) is 22.5 Å². The molecule has 9 heteroatoms. The van der Waals surface area contributed by atoms with Crippen LogP contribution < -0.4 is 11.0 Å². The van der Waals surface area contributed by atoms with Gasteiger partial charge in [-0.3, -0.25) is 9.59 Å². The van der Waals surface area contributed by atoms with Gasteiger partial charge in [0.2, 0.25) is 0 Å². The maximum absolute atomic E-state index is 12.9. The fourth-order valence-electron chi connectivity index (χ4n) is 3.12. The predicted molar refractivity (Wildman–Crippen MR) is 117 cm³/mol. The van der Waals surface area contributed by atoms with Gasteiger partial charge in [0.1, 0.15) is 17.6 Å². The minimum absolute atomic E-state index is 0.305. The Balaban J connectivity index is 1.59. The molecule has 0 atom stereocenters. The Labute approximate surface area is 182 Å². The van der Waals surface area contributed by atoms with Gasteiger partial charge in [0.15, 0.2) is 5.58 Å². The Morgan fingerprint density at radius 3 is 2.71 bits per heavy atom. The van der Waals surface area contributed by atoms with Crippen LogP contribution in [-0.4, -0.2) is 27.1 Å².